The highest BCUT2D eigenvalue weighted by molar-refractivity contribution is 5.83. The Labute approximate surface area is 156 Å². The van der Waals surface area contributed by atoms with Crippen molar-refractivity contribution >= 4 is 12.0 Å². The Morgan fingerprint density at radius 3 is 2.42 bits per heavy atom. The molecule has 1 spiro atoms. The number of hydrogen-bond donors (Lipinski definition) is 0. The minimum atomic E-state index is -0.181. The summed E-state index contributed by atoms with van der Waals surface area (Å²) in [6.07, 6.45) is 3.33. The molecular weight excluding hydrogens is 330 g/mol. The number of ether oxygens (including phenoxy) is 1. The lowest BCUT2D eigenvalue weighted by Gasteiger charge is -2.49. The Morgan fingerprint density at radius 1 is 1.23 bits per heavy atom. The molecule has 2 aliphatic carbocycles. The van der Waals surface area contributed by atoms with Gasteiger partial charge in [0.25, 0.3) is 0 Å². The van der Waals surface area contributed by atoms with Gasteiger partial charge in [0.15, 0.2) is 0 Å². The van der Waals surface area contributed by atoms with E-state index < -0.39 is 0 Å². The van der Waals surface area contributed by atoms with Gasteiger partial charge in [0.1, 0.15) is 0 Å². The molecule has 0 aromatic rings. The number of carbonyl (C=O) groups is 2. The van der Waals surface area contributed by atoms with E-state index in [4.69, 9.17) is 4.74 Å². The summed E-state index contributed by atoms with van der Waals surface area (Å²) in [5.41, 5.74) is 0.331. The number of piperidine rings is 1. The van der Waals surface area contributed by atoms with Crippen LogP contribution in [0.25, 0.3) is 0 Å². The van der Waals surface area contributed by atoms with Crippen LogP contribution in [0.15, 0.2) is 0 Å². The molecule has 26 heavy (non-hydrogen) atoms. The lowest BCUT2D eigenvalue weighted by Crippen LogP contribution is -2.52. The van der Waals surface area contributed by atoms with E-state index in [0.29, 0.717) is 35.2 Å². The highest BCUT2D eigenvalue weighted by Gasteiger charge is 2.62. The van der Waals surface area contributed by atoms with Gasteiger partial charge in [0.2, 0.25) is 5.91 Å². The summed E-state index contributed by atoms with van der Waals surface area (Å²) in [6, 6.07) is 0.958. The topological polar surface area (TPSA) is 53.1 Å². The maximum Gasteiger partial charge on any atom is 0.409 e. The predicted octanol–water partition coefficient (Wildman–Crippen LogP) is 2.04. The lowest BCUT2D eigenvalue weighted by molar-refractivity contribution is -0.135. The van der Waals surface area contributed by atoms with E-state index in [1.165, 1.54) is 20.0 Å². The average molecular weight is 364 g/mol. The van der Waals surface area contributed by atoms with Gasteiger partial charge in [0, 0.05) is 50.7 Å². The van der Waals surface area contributed by atoms with Crippen LogP contribution < -0.4 is 0 Å². The maximum absolute atomic E-state index is 12.7. The second-order valence-corrected chi connectivity index (χ2v) is 9.23. The van der Waals surface area contributed by atoms with E-state index in [-0.39, 0.29) is 12.0 Å². The fourth-order valence-electron chi connectivity index (χ4n) is 5.94. The molecule has 0 unspecified atom stereocenters. The van der Waals surface area contributed by atoms with Crippen LogP contribution in [0.5, 0.6) is 0 Å². The summed E-state index contributed by atoms with van der Waals surface area (Å²) in [7, 11) is 1.46. The molecule has 146 valence electrons. The maximum atomic E-state index is 12.7. The van der Waals surface area contributed by atoms with Crippen LogP contribution in [0.4, 0.5) is 4.79 Å². The Balaban J connectivity index is 1.25. The van der Waals surface area contributed by atoms with Crippen LogP contribution in [0.3, 0.4) is 0 Å². The standard InChI is InChI=1S/C20H33N3O3/c1-5-23(13(2)3)18(24)17-15-10-22(11-16(15)17)14-8-20(9-14)6-7-21(12-20)19(25)26-4/h13-17H,5-12H2,1-4H3/t14?,15-,16+,17+,20?. The number of rotatable bonds is 4. The summed E-state index contributed by atoms with van der Waals surface area (Å²) in [6.45, 7) is 11.0. The highest BCUT2D eigenvalue weighted by atomic mass is 16.5. The first kappa shape index (κ1) is 18.1. The molecule has 0 aromatic carbocycles. The van der Waals surface area contributed by atoms with Gasteiger partial charge < -0.3 is 14.5 Å². The molecule has 2 amide bonds. The molecule has 0 N–H and O–H groups in total. The van der Waals surface area contributed by atoms with Gasteiger partial charge >= 0.3 is 6.09 Å². The fourth-order valence-corrected chi connectivity index (χ4v) is 5.94. The molecule has 2 aliphatic heterocycles. The summed E-state index contributed by atoms with van der Waals surface area (Å²) in [4.78, 5) is 31.0. The van der Waals surface area contributed by atoms with Gasteiger partial charge in [-0.05, 0) is 57.3 Å². The zero-order chi connectivity index (χ0) is 18.6. The third kappa shape index (κ3) is 2.81. The summed E-state index contributed by atoms with van der Waals surface area (Å²) >= 11 is 0. The van der Waals surface area contributed by atoms with Crippen molar-refractivity contribution in [3.63, 3.8) is 0 Å². The number of amides is 2. The second kappa shape index (κ2) is 6.39. The van der Waals surface area contributed by atoms with Gasteiger partial charge in [-0.25, -0.2) is 4.79 Å². The van der Waals surface area contributed by atoms with Gasteiger partial charge in [-0.1, -0.05) is 0 Å². The van der Waals surface area contributed by atoms with Crippen LogP contribution in [0.2, 0.25) is 0 Å². The van der Waals surface area contributed by atoms with Crippen LogP contribution in [-0.4, -0.2) is 78.6 Å². The van der Waals surface area contributed by atoms with E-state index >= 15 is 0 Å². The third-order valence-corrected chi connectivity index (χ3v) is 7.48. The fraction of sp³-hybridized carbons (Fsp3) is 0.900. The van der Waals surface area contributed by atoms with E-state index in [1.54, 1.807) is 0 Å². The molecule has 2 heterocycles. The number of carbonyl (C=O) groups excluding carboxylic acids is 2. The summed E-state index contributed by atoms with van der Waals surface area (Å²) in [5, 5.41) is 0. The molecule has 0 radical (unpaired) electrons. The van der Waals surface area contributed by atoms with Crippen molar-refractivity contribution in [2.24, 2.45) is 23.2 Å². The van der Waals surface area contributed by atoms with Crippen molar-refractivity contribution in [2.75, 3.05) is 39.8 Å². The zero-order valence-electron chi connectivity index (χ0n) is 16.6. The quantitative estimate of drug-likeness (QED) is 0.767. The SMILES string of the molecule is CCN(C(=O)[C@H]1[C@@H]2CN(C3CC4(CCN(C(=O)OC)C4)C3)C[C@@H]21)C(C)C. The van der Waals surface area contributed by atoms with Crippen molar-refractivity contribution in [3.05, 3.63) is 0 Å². The van der Waals surface area contributed by atoms with E-state index in [0.717, 1.165) is 39.1 Å². The van der Waals surface area contributed by atoms with Crippen molar-refractivity contribution < 1.29 is 14.3 Å². The lowest BCUT2D eigenvalue weighted by atomic mass is 9.64. The molecule has 6 heteroatoms. The summed E-state index contributed by atoms with van der Waals surface area (Å²) in [5.74, 6) is 1.83. The number of hydrogen-bond acceptors (Lipinski definition) is 4. The number of nitrogens with zero attached hydrogens (tertiary/aromatic N) is 3. The van der Waals surface area contributed by atoms with Crippen molar-refractivity contribution in [1.29, 1.82) is 0 Å². The Bertz CT molecular complexity index is 575. The largest absolute Gasteiger partial charge is 0.453 e. The Morgan fingerprint density at radius 2 is 1.88 bits per heavy atom. The van der Waals surface area contributed by atoms with Gasteiger partial charge in [-0.3, -0.25) is 9.69 Å². The minimum absolute atomic E-state index is 0.181. The zero-order valence-corrected chi connectivity index (χ0v) is 16.6. The normalized spacial score (nSPS) is 38.4. The molecule has 3 atom stereocenters. The first-order chi connectivity index (χ1) is 12.4. The monoisotopic (exact) mass is 363 g/mol. The molecule has 4 fully saturated rings. The van der Waals surface area contributed by atoms with Crippen LogP contribution in [-0.2, 0) is 9.53 Å². The van der Waals surface area contributed by atoms with Gasteiger partial charge in [-0.2, -0.15) is 0 Å². The first-order valence-corrected chi connectivity index (χ1v) is 10.3. The Kier molecular flexibility index (Phi) is 4.45. The van der Waals surface area contributed by atoms with Crippen LogP contribution in [0, 0.1) is 23.2 Å². The van der Waals surface area contributed by atoms with Crippen molar-refractivity contribution in [3.8, 4) is 0 Å². The molecule has 4 aliphatic rings. The average Bonchev–Trinajstić information content (AvgIpc) is 2.95. The van der Waals surface area contributed by atoms with Gasteiger partial charge in [-0.15, -0.1) is 0 Å². The van der Waals surface area contributed by atoms with Crippen LogP contribution in [0.1, 0.15) is 40.0 Å². The van der Waals surface area contributed by atoms with E-state index in [1.807, 2.05) is 9.80 Å². The molecule has 0 aromatic heterocycles. The molecule has 0 bridgehead atoms. The number of fused-ring (bicyclic) bond motifs is 1. The number of likely N-dealkylation sites (tertiary alicyclic amines) is 2. The van der Waals surface area contributed by atoms with Gasteiger partial charge in [0.05, 0.1) is 7.11 Å². The molecule has 4 rings (SSSR count). The molecule has 2 saturated carbocycles. The second-order valence-electron chi connectivity index (χ2n) is 9.23. The minimum Gasteiger partial charge on any atom is -0.453 e. The third-order valence-electron chi connectivity index (χ3n) is 7.48. The summed E-state index contributed by atoms with van der Waals surface area (Å²) < 4.78 is 4.86. The molecule has 6 nitrogen and oxygen atoms in total. The van der Waals surface area contributed by atoms with Crippen LogP contribution >= 0.6 is 0 Å². The van der Waals surface area contributed by atoms with Crippen molar-refractivity contribution in [2.45, 2.75) is 52.1 Å². The van der Waals surface area contributed by atoms with E-state index in [9.17, 15) is 9.59 Å². The first-order valence-electron chi connectivity index (χ1n) is 10.3. The molecule has 2 saturated heterocycles. The smallest absolute Gasteiger partial charge is 0.409 e. The predicted molar refractivity (Wildman–Crippen MR) is 98.6 cm³/mol. The van der Waals surface area contributed by atoms with Crippen molar-refractivity contribution in [1.82, 2.24) is 14.7 Å². The highest BCUT2D eigenvalue weighted by Crippen LogP contribution is 2.57. The Hall–Kier alpha value is -1.30. The molecular formula is C20H33N3O3. The van der Waals surface area contributed by atoms with E-state index in [2.05, 4.69) is 25.7 Å². The number of methoxy groups -OCH3 is 1.